The van der Waals surface area contributed by atoms with Gasteiger partial charge in [0.2, 0.25) is 0 Å². The summed E-state index contributed by atoms with van der Waals surface area (Å²) in [6.45, 7) is 9.21. The van der Waals surface area contributed by atoms with Crippen LogP contribution in [0.2, 0.25) is 5.02 Å². The zero-order valence-electron chi connectivity index (χ0n) is 17.1. The van der Waals surface area contributed by atoms with Crippen LogP contribution in [-0.2, 0) is 13.1 Å². The molecule has 0 fully saturated rings. The van der Waals surface area contributed by atoms with Gasteiger partial charge in [0.1, 0.15) is 0 Å². The predicted octanol–water partition coefficient (Wildman–Crippen LogP) is 5.16. The van der Waals surface area contributed by atoms with Crippen LogP contribution in [0.1, 0.15) is 39.2 Å². The van der Waals surface area contributed by atoms with Gasteiger partial charge < -0.3 is 0 Å². The molecular formula is C20H21ClN6OS2. The van der Waals surface area contributed by atoms with Gasteiger partial charge in [-0.3, -0.25) is 19.5 Å². The molecule has 7 nitrogen and oxygen atoms in total. The van der Waals surface area contributed by atoms with Crippen LogP contribution in [0.5, 0.6) is 0 Å². The number of hydrogen-bond acceptors (Lipinski definition) is 6. The fourth-order valence-corrected chi connectivity index (χ4v) is 4.76. The van der Waals surface area contributed by atoms with Crippen molar-refractivity contribution in [2.75, 3.05) is 5.32 Å². The van der Waals surface area contributed by atoms with Crippen molar-refractivity contribution in [1.29, 1.82) is 0 Å². The highest BCUT2D eigenvalue weighted by Gasteiger charge is 2.16. The van der Waals surface area contributed by atoms with E-state index in [1.165, 1.54) is 22.7 Å². The number of hydrogen-bond donors (Lipinski definition) is 1. The second-order valence-corrected chi connectivity index (χ2v) is 9.08. The van der Waals surface area contributed by atoms with E-state index in [1.807, 2.05) is 60.1 Å². The molecule has 4 heterocycles. The molecule has 4 aromatic heterocycles. The molecular weight excluding hydrogens is 440 g/mol. The highest BCUT2D eigenvalue weighted by Crippen LogP contribution is 2.28. The van der Waals surface area contributed by atoms with Gasteiger partial charge in [0, 0.05) is 23.7 Å². The molecule has 1 N–H and O–H groups in total. The molecule has 0 saturated carbocycles. The normalized spacial score (nSPS) is 11.2. The Kier molecular flexibility index (Phi) is 5.77. The molecule has 0 spiro atoms. The molecule has 0 saturated heterocycles. The second kappa shape index (κ2) is 8.33. The summed E-state index contributed by atoms with van der Waals surface area (Å²) in [5.41, 5.74) is 5.46. The zero-order chi connectivity index (χ0) is 21.4. The Morgan fingerprint density at radius 3 is 2.63 bits per heavy atom. The predicted molar refractivity (Wildman–Crippen MR) is 122 cm³/mol. The molecule has 30 heavy (non-hydrogen) atoms. The SMILES string of the molecule is CCn1cc(-c2csc(NC(=O)c3cc(Cn4nc(C)c(Cl)c4C)cs3)n2)c(C)n1. The first-order chi connectivity index (χ1) is 14.4. The minimum Gasteiger partial charge on any atom is -0.297 e. The van der Waals surface area contributed by atoms with Gasteiger partial charge in [0.05, 0.1) is 39.2 Å². The van der Waals surface area contributed by atoms with Crippen molar-refractivity contribution in [2.24, 2.45) is 0 Å². The standard InChI is InChI=1S/C20H21ClN6OS2/c1-5-26-8-15(11(2)24-26)16-10-30-20(22-16)23-19(28)17-6-14(9-29-17)7-27-13(4)18(21)12(3)25-27/h6,8-10H,5,7H2,1-4H3,(H,22,23,28). The van der Waals surface area contributed by atoms with Gasteiger partial charge in [0.25, 0.3) is 5.91 Å². The molecule has 0 bridgehead atoms. The summed E-state index contributed by atoms with van der Waals surface area (Å²) in [7, 11) is 0. The van der Waals surface area contributed by atoms with Crippen molar-refractivity contribution in [3.05, 3.63) is 55.6 Å². The number of nitrogens with zero attached hydrogens (tertiary/aromatic N) is 5. The molecule has 10 heteroatoms. The number of thiophene rings is 1. The molecule has 1 amide bonds. The summed E-state index contributed by atoms with van der Waals surface area (Å²) in [5.74, 6) is -0.167. The van der Waals surface area contributed by atoms with Gasteiger partial charge in [-0.15, -0.1) is 22.7 Å². The second-order valence-electron chi connectivity index (χ2n) is 6.94. The van der Waals surface area contributed by atoms with Crippen LogP contribution in [0.3, 0.4) is 0 Å². The van der Waals surface area contributed by atoms with E-state index in [2.05, 4.69) is 20.5 Å². The molecule has 0 radical (unpaired) electrons. The highest BCUT2D eigenvalue weighted by atomic mass is 35.5. The number of carbonyl (C=O) groups excluding carboxylic acids is 1. The lowest BCUT2D eigenvalue weighted by molar-refractivity contribution is 0.103. The van der Waals surface area contributed by atoms with Gasteiger partial charge >= 0.3 is 0 Å². The minimum absolute atomic E-state index is 0.167. The number of nitrogens with one attached hydrogen (secondary N) is 1. The number of rotatable bonds is 6. The first-order valence-electron chi connectivity index (χ1n) is 9.44. The maximum Gasteiger partial charge on any atom is 0.267 e. The lowest BCUT2D eigenvalue weighted by Gasteiger charge is -2.02. The Balaban J connectivity index is 1.45. The summed E-state index contributed by atoms with van der Waals surface area (Å²) in [6.07, 6.45) is 1.98. The first kappa shape index (κ1) is 20.8. The number of carbonyl (C=O) groups is 1. The molecule has 0 aliphatic heterocycles. The first-order valence-corrected chi connectivity index (χ1v) is 11.6. The van der Waals surface area contributed by atoms with Crippen LogP contribution in [-0.4, -0.2) is 30.5 Å². The van der Waals surface area contributed by atoms with E-state index in [0.717, 1.165) is 40.4 Å². The van der Waals surface area contributed by atoms with E-state index < -0.39 is 0 Å². The summed E-state index contributed by atoms with van der Waals surface area (Å²) < 4.78 is 3.73. The van der Waals surface area contributed by atoms with E-state index in [4.69, 9.17) is 11.6 Å². The van der Waals surface area contributed by atoms with Crippen molar-refractivity contribution >= 4 is 45.3 Å². The number of aryl methyl sites for hydroxylation is 3. The Hall–Kier alpha value is -2.49. The number of anilines is 1. The molecule has 4 rings (SSSR count). The van der Waals surface area contributed by atoms with E-state index in [1.54, 1.807) is 0 Å². The van der Waals surface area contributed by atoms with Gasteiger partial charge in [-0.05, 0) is 44.7 Å². The van der Waals surface area contributed by atoms with E-state index in [-0.39, 0.29) is 5.91 Å². The molecule has 0 atom stereocenters. The lowest BCUT2D eigenvalue weighted by atomic mass is 10.2. The zero-order valence-corrected chi connectivity index (χ0v) is 19.5. The fraction of sp³-hybridized carbons (Fsp3) is 0.300. The number of amides is 1. The summed E-state index contributed by atoms with van der Waals surface area (Å²) in [5, 5.41) is 17.0. The number of aromatic nitrogens is 5. The van der Waals surface area contributed by atoms with E-state index in [9.17, 15) is 4.79 Å². The summed E-state index contributed by atoms with van der Waals surface area (Å²) in [4.78, 5) is 17.9. The molecule has 0 aliphatic rings. The third-order valence-corrected chi connectivity index (χ3v) is 7.06. The van der Waals surface area contributed by atoms with Crippen molar-refractivity contribution in [2.45, 2.75) is 40.8 Å². The summed E-state index contributed by atoms with van der Waals surface area (Å²) in [6, 6.07) is 1.88. The monoisotopic (exact) mass is 460 g/mol. The Morgan fingerprint density at radius 2 is 1.97 bits per heavy atom. The van der Waals surface area contributed by atoms with Crippen LogP contribution >= 0.6 is 34.3 Å². The number of thiazole rings is 1. The Bertz CT molecular complexity index is 1220. The quantitative estimate of drug-likeness (QED) is 0.431. The van der Waals surface area contributed by atoms with Gasteiger partial charge in [0.15, 0.2) is 5.13 Å². The van der Waals surface area contributed by atoms with Crippen LogP contribution < -0.4 is 5.32 Å². The largest absolute Gasteiger partial charge is 0.297 e. The Labute approximate surface area is 187 Å². The molecule has 0 aliphatic carbocycles. The van der Waals surface area contributed by atoms with Crippen LogP contribution in [0, 0.1) is 20.8 Å². The van der Waals surface area contributed by atoms with E-state index in [0.29, 0.717) is 21.6 Å². The number of halogens is 1. The third kappa shape index (κ3) is 4.05. The summed E-state index contributed by atoms with van der Waals surface area (Å²) >= 11 is 9.03. The highest BCUT2D eigenvalue weighted by molar-refractivity contribution is 7.14. The topological polar surface area (TPSA) is 77.6 Å². The minimum atomic E-state index is -0.167. The average Bonchev–Trinajstić information content (AvgIpc) is 3.48. The van der Waals surface area contributed by atoms with Crippen molar-refractivity contribution in [3.8, 4) is 11.3 Å². The van der Waals surface area contributed by atoms with Crippen molar-refractivity contribution in [1.82, 2.24) is 24.5 Å². The third-order valence-electron chi connectivity index (χ3n) is 4.77. The lowest BCUT2D eigenvalue weighted by Crippen LogP contribution is -2.10. The van der Waals surface area contributed by atoms with Gasteiger partial charge in [-0.1, -0.05) is 11.6 Å². The molecule has 0 unspecified atom stereocenters. The van der Waals surface area contributed by atoms with Gasteiger partial charge in [-0.25, -0.2) is 4.98 Å². The maximum atomic E-state index is 12.7. The van der Waals surface area contributed by atoms with Gasteiger partial charge in [-0.2, -0.15) is 10.2 Å². The Morgan fingerprint density at radius 1 is 1.17 bits per heavy atom. The van der Waals surface area contributed by atoms with Crippen LogP contribution in [0.15, 0.2) is 23.0 Å². The van der Waals surface area contributed by atoms with Crippen molar-refractivity contribution < 1.29 is 4.79 Å². The smallest absolute Gasteiger partial charge is 0.267 e. The van der Waals surface area contributed by atoms with Crippen LogP contribution in [0.4, 0.5) is 5.13 Å². The molecule has 4 aromatic rings. The van der Waals surface area contributed by atoms with E-state index >= 15 is 0 Å². The maximum absolute atomic E-state index is 12.7. The fourth-order valence-electron chi connectivity index (χ4n) is 3.12. The molecule has 156 valence electrons. The average molecular weight is 461 g/mol. The van der Waals surface area contributed by atoms with Crippen molar-refractivity contribution in [3.63, 3.8) is 0 Å². The molecule has 0 aromatic carbocycles. The van der Waals surface area contributed by atoms with Crippen LogP contribution in [0.25, 0.3) is 11.3 Å².